The van der Waals surface area contributed by atoms with Crippen LogP contribution in [0.3, 0.4) is 0 Å². The maximum atomic E-state index is 12.0. The van der Waals surface area contributed by atoms with Crippen molar-refractivity contribution in [3.8, 4) is 0 Å². The fourth-order valence-corrected chi connectivity index (χ4v) is 1.97. The van der Waals surface area contributed by atoms with Gasteiger partial charge in [0.05, 0.1) is 17.4 Å². The number of carbonyl (C=O) groups excluding carboxylic acids is 1. The summed E-state index contributed by atoms with van der Waals surface area (Å²) in [5.41, 5.74) is 3.63. The molecule has 2 aromatic rings. The van der Waals surface area contributed by atoms with Crippen LogP contribution in [0.5, 0.6) is 0 Å². The Morgan fingerprint density at radius 2 is 1.86 bits per heavy atom. The Balaban J connectivity index is 2.11. The minimum Gasteiger partial charge on any atom is -0.354 e. The van der Waals surface area contributed by atoms with Crippen LogP contribution < -0.4 is 10.6 Å². The number of aromatic nitrogens is 1. The number of pyridine rings is 1. The highest BCUT2D eigenvalue weighted by molar-refractivity contribution is 5.95. The molecule has 0 unspecified atom stereocenters. The van der Waals surface area contributed by atoms with Crippen LogP contribution in [0.15, 0.2) is 42.7 Å². The number of hydrogen-bond donors (Lipinski definition) is 2. The van der Waals surface area contributed by atoms with Gasteiger partial charge >= 0.3 is 0 Å². The third kappa shape index (κ3) is 4.31. The lowest BCUT2D eigenvalue weighted by molar-refractivity contribution is 0.0943. The SMILES string of the molecule is CCc1ccc(Nc2cncc(C(=O)NC(C)C)c2)cc1. The van der Waals surface area contributed by atoms with E-state index in [1.165, 1.54) is 5.56 Å². The largest absolute Gasteiger partial charge is 0.354 e. The zero-order valence-corrected chi connectivity index (χ0v) is 12.7. The summed E-state index contributed by atoms with van der Waals surface area (Å²) in [6.07, 6.45) is 4.30. The Bertz CT molecular complexity index is 606. The molecule has 0 saturated heterocycles. The summed E-state index contributed by atoms with van der Waals surface area (Å²) in [5, 5.41) is 6.12. The van der Waals surface area contributed by atoms with Gasteiger partial charge in [0.1, 0.15) is 0 Å². The van der Waals surface area contributed by atoms with Crippen LogP contribution in [0.2, 0.25) is 0 Å². The molecule has 0 fully saturated rings. The van der Waals surface area contributed by atoms with Crippen molar-refractivity contribution in [2.45, 2.75) is 33.2 Å². The zero-order valence-electron chi connectivity index (χ0n) is 12.7. The van der Waals surface area contributed by atoms with E-state index in [0.29, 0.717) is 5.56 Å². The summed E-state index contributed by atoms with van der Waals surface area (Å²) in [5.74, 6) is -0.109. The van der Waals surface area contributed by atoms with Gasteiger partial charge in [-0.1, -0.05) is 19.1 Å². The maximum Gasteiger partial charge on any atom is 0.253 e. The van der Waals surface area contributed by atoms with Crippen molar-refractivity contribution in [2.75, 3.05) is 5.32 Å². The second-order valence-corrected chi connectivity index (χ2v) is 5.27. The first-order valence-electron chi connectivity index (χ1n) is 7.20. The molecule has 0 spiro atoms. The highest BCUT2D eigenvalue weighted by Crippen LogP contribution is 2.17. The van der Waals surface area contributed by atoms with E-state index in [9.17, 15) is 4.79 Å². The van der Waals surface area contributed by atoms with Gasteiger partial charge in [-0.2, -0.15) is 0 Å². The minimum atomic E-state index is -0.109. The summed E-state index contributed by atoms with van der Waals surface area (Å²) >= 11 is 0. The van der Waals surface area contributed by atoms with Gasteiger partial charge in [0.15, 0.2) is 0 Å². The van der Waals surface area contributed by atoms with Crippen molar-refractivity contribution >= 4 is 17.3 Å². The molecule has 0 saturated carbocycles. The van der Waals surface area contributed by atoms with Crippen molar-refractivity contribution in [3.05, 3.63) is 53.9 Å². The number of anilines is 2. The second-order valence-electron chi connectivity index (χ2n) is 5.27. The highest BCUT2D eigenvalue weighted by atomic mass is 16.1. The van der Waals surface area contributed by atoms with Crippen LogP contribution in [-0.4, -0.2) is 16.9 Å². The van der Waals surface area contributed by atoms with Gasteiger partial charge in [0.25, 0.3) is 5.91 Å². The van der Waals surface area contributed by atoms with E-state index in [-0.39, 0.29) is 11.9 Å². The predicted octanol–water partition coefficient (Wildman–Crippen LogP) is 3.53. The minimum absolute atomic E-state index is 0.107. The normalized spacial score (nSPS) is 10.5. The number of amides is 1. The van der Waals surface area contributed by atoms with Crippen LogP contribution in [0.4, 0.5) is 11.4 Å². The Morgan fingerprint density at radius 3 is 2.48 bits per heavy atom. The van der Waals surface area contributed by atoms with Crippen LogP contribution >= 0.6 is 0 Å². The average molecular weight is 283 g/mol. The molecule has 2 rings (SSSR count). The van der Waals surface area contributed by atoms with Gasteiger partial charge in [0.2, 0.25) is 0 Å². The predicted molar refractivity (Wildman–Crippen MR) is 85.9 cm³/mol. The topological polar surface area (TPSA) is 54.0 Å². The van der Waals surface area contributed by atoms with Crippen LogP contribution in [-0.2, 0) is 6.42 Å². The van der Waals surface area contributed by atoms with Gasteiger partial charge in [-0.15, -0.1) is 0 Å². The van der Waals surface area contributed by atoms with E-state index in [1.807, 2.05) is 26.0 Å². The molecule has 0 atom stereocenters. The van der Waals surface area contributed by atoms with Gasteiger partial charge in [-0.05, 0) is 44.0 Å². The molecule has 2 N–H and O–H groups in total. The molecule has 0 aliphatic rings. The van der Waals surface area contributed by atoms with Crippen molar-refractivity contribution in [3.63, 3.8) is 0 Å². The van der Waals surface area contributed by atoms with Gasteiger partial charge in [-0.3, -0.25) is 9.78 Å². The number of nitrogens with one attached hydrogen (secondary N) is 2. The molecule has 1 aromatic heterocycles. The molecule has 0 bridgehead atoms. The molecule has 1 amide bonds. The van der Waals surface area contributed by atoms with Crippen molar-refractivity contribution in [1.82, 2.24) is 10.3 Å². The summed E-state index contributed by atoms with van der Waals surface area (Å²) in [7, 11) is 0. The number of rotatable bonds is 5. The molecule has 4 nitrogen and oxygen atoms in total. The monoisotopic (exact) mass is 283 g/mol. The fourth-order valence-electron chi connectivity index (χ4n) is 1.97. The number of hydrogen-bond acceptors (Lipinski definition) is 3. The zero-order chi connectivity index (χ0) is 15.2. The lowest BCUT2D eigenvalue weighted by Crippen LogP contribution is -2.30. The number of carbonyl (C=O) groups is 1. The quantitative estimate of drug-likeness (QED) is 0.882. The van der Waals surface area contributed by atoms with Crippen LogP contribution in [0, 0.1) is 0 Å². The van der Waals surface area contributed by atoms with E-state index in [4.69, 9.17) is 0 Å². The van der Waals surface area contributed by atoms with Crippen molar-refractivity contribution in [1.29, 1.82) is 0 Å². The molecule has 0 aliphatic carbocycles. The summed E-state index contributed by atoms with van der Waals surface area (Å²) in [4.78, 5) is 16.1. The third-order valence-electron chi connectivity index (χ3n) is 3.07. The average Bonchev–Trinajstić information content (AvgIpc) is 2.47. The summed E-state index contributed by atoms with van der Waals surface area (Å²) in [6, 6.07) is 10.1. The Morgan fingerprint density at radius 1 is 1.14 bits per heavy atom. The molecule has 4 heteroatoms. The van der Waals surface area contributed by atoms with E-state index in [1.54, 1.807) is 18.5 Å². The van der Waals surface area contributed by atoms with Gasteiger partial charge < -0.3 is 10.6 Å². The molecular formula is C17H21N3O. The number of benzene rings is 1. The lowest BCUT2D eigenvalue weighted by atomic mass is 10.1. The summed E-state index contributed by atoms with van der Waals surface area (Å²) < 4.78 is 0. The molecule has 0 aliphatic heterocycles. The Hall–Kier alpha value is -2.36. The van der Waals surface area contributed by atoms with Gasteiger partial charge in [-0.25, -0.2) is 0 Å². The van der Waals surface area contributed by atoms with E-state index < -0.39 is 0 Å². The molecular weight excluding hydrogens is 262 g/mol. The molecule has 1 aromatic carbocycles. The Kier molecular flexibility index (Phi) is 4.93. The number of nitrogens with zero attached hydrogens (tertiary/aromatic N) is 1. The van der Waals surface area contributed by atoms with Crippen LogP contribution in [0.25, 0.3) is 0 Å². The molecule has 1 heterocycles. The molecule has 110 valence electrons. The van der Waals surface area contributed by atoms with E-state index in [2.05, 4.69) is 34.7 Å². The third-order valence-corrected chi connectivity index (χ3v) is 3.07. The highest BCUT2D eigenvalue weighted by Gasteiger charge is 2.08. The first kappa shape index (κ1) is 15.0. The maximum absolute atomic E-state index is 12.0. The smallest absolute Gasteiger partial charge is 0.253 e. The van der Waals surface area contributed by atoms with E-state index >= 15 is 0 Å². The number of aryl methyl sites for hydroxylation is 1. The Labute approximate surface area is 125 Å². The standard InChI is InChI=1S/C17H21N3O/c1-4-13-5-7-15(8-6-13)20-16-9-14(10-18-11-16)17(21)19-12(2)3/h5-12,20H,4H2,1-3H3,(H,19,21). The molecule has 0 radical (unpaired) electrons. The van der Waals surface area contributed by atoms with Crippen LogP contribution in [0.1, 0.15) is 36.7 Å². The lowest BCUT2D eigenvalue weighted by Gasteiger charge is -2.10. The van der Waals surface area contributed by atoms with Crippen molar-refractivity contribution < 1.29 is 4.79 Å². The first-order valence-corrected chi connectivity index (χ1v) is 7.20. The van der Waals surface area contributed by atoms with E-state index in [0.717, 1.165) is 17.8 Å². The van der Waals surface area contributed by atoms with Crippen molar-refractivity contribution in [2.24, 2.45) is 0 Å². The molecule has 21 heavy (non-hydrogen) atoms. The first-order chi connectivity index (χ1) is 10.1. The fraction of sp³-hybridized carbons (Fsp3) is 0.294. The second kappa shape index (κ2) is 6.88. The summed E-state index contributed by atoms with van der Waals surface area (Å²) in [6.45, 7) is 5.99. The van der Waals surface area contributed by atoms with Gasteiger partial charge in [0, 0.05) is 17.9 Å².